The lowest BCUT2D eigenvalue weighted by Crippen LogP contribution is -2.33. The summed E-state index contributed by atoms with van der Waals surface area (Å²) in [6.45, 7) is 0.955. The van der Waals surface area contributed by atoms with Crippen LogP contribution in [0.2, 0.25) is 0 Å². The van der Waals surface area contributed by atoms with Crippen LogP contribution in [0.25, 0.3) is 0 Å². The molecule has 0 heterocycles. The molecule has 0 radical (unpaired) electrons. The zero-order valence-electron chi connectivity index (χ0n) is 6.42. The van der Waals surface area contributed by atoms with Crippen LogP contribution in [0.4, 0.5) is 0 Å². The quantitative estimate of drug-likeness (QED) is 0.366. The molecule has 0 fully saturated rings. The highest BCUT2D eigenvalue weighted by molar-refractivity contribution is 5.76. The lowest BCUT2D eigenvalue weighted by atomic mass is 10.2. The van der Waals surface area contributed by atoms with Gasteiger partial charge >= 0.3 is 0 Å². The maximum absolute atomic E-state index is 10.8. The van der Waals surface area contributed by atoms with Crippen molar-refractivity contribution >= 4 is 5.91 Å². The van der Waals surface area contributed by atoms with Gasteiger partial charge in [0.1, 0.15) is 0 Å². The van der Waals surface area contributed by atoms with Crippen molar-refractivity contribution in [3.05, 3.63) is 0 Å². The van der Waals surface area contributed by atoms with Gasteiger partial charge in [0, 0.05) is 19.6 Å². The van der Waals surface area contributed by atoms with Crippen molar-refractivity contribution in [3.63, 3.8) is 0 Å². The predicted octanol–water partition coefficient (Wildman–Crippen LogP) is -2.23. The van der Waals surface area contributed by atoms with Crippen LogP contribution in [0.15, 0.2) is 0 Å². The van der Waals surface area contributed by atoms with Crippen molar-refractivity contribution < 1.29 is 9.90 Å². The molecule has 1 unspecified atom stereocenters. The number of amides is 1. The van der Waals surface area contributed by atoms with Crippen LogP contribution in [0.1, 0.15) is 6.42 Å². The third-order valence-corrected chi connectivity index (χ3v) is 1.16. The number of aliphatic hydroxyl groups excluding tert-OH is 1. The molecule has 5 nitrogen and oxygen atoms in total. The van der Waals surface area contributed by atoms with E-state index in [9.17, 15) is 4.79 Å². The average Bonchev–Trinajstić information content (AvgIpc) is 2.00. The number of nitrogens with one attached hydrogen (secondary N) is 1. The summed E-state index contributed by atoms with van der Waals surface area (Å²) >= 11 is 0. The Morgan fingerprint density at radius 3 is 2.64 bits per heavy atom. The third-order valence-electron chi connectivity index (χ3n) is 1.16. The number of rotatable bonds is 5. The van der Waals surface area contributed by atoms with E-state index in [1.807, 2.05) is 0 Å². The minimum Gasteiger partial charge on any atom is -0.391 e. The van der Waals surface area contributed by atoms with E-state index in [2.05, 4.69) is 5.32 Å². The van der Waals surface area contributed by atoms with Gasteiger partial charge in [0.15, 0.2) is 0 Å². The van der Waals surface area contributed by atoms with E-state index >= 15 is 0 Å². The highest BCUT2D eigenvalue weighted by atomic mass is 16.3. The molecule has 0 aromatic carbocycles. The first-order chi connectivity index (χ1) is 5.20. The van der Waals surface area contributed by atoms with Crippen molar-refractivity contribution in [1.82, 2.24) is 5.32 Å². The normalized spacial score (nSPS) is 12.6. The smallest absolute Gasteiger partial charge is 0.222 e. The minimum atomic E-state index is -0.743. The van der Waals surface area contributed by atoms with Crippen LogP contribution in [-0.4, -0.2) is 36.8 Å². The molecule has 66 valence electrons. The molecule has 6 N–H and O–H groups in total. The van der Waals surface area contributed by atoms with Gasteiger partial charge in [-0.2, -0.15) is 0 Å². The van der Waals surface area contributed by atoms with Gasteiger partial charge in [-0.15, -0.1) is 0 Å². The number of aliphatic hydroxyl groups is 1. The zero-order chi connectivity index (χ0) is 8.69. The van der Waals surface area contributed by atoms with Crippen molar-refractivity contribution in [2.45, 2.75) is 12.5 Å². The minimum absolute atomic E-state index is 0.0521. The molecule has 5 heteroatoms. The second-order valence-corrected chi connectivity index (χ2v) is 2.23. The molecule has 0 bridgehead atoms. The Hall–Kier alpha value is -0.650. The van der Waals surface area contributed by atoms with E-state index in [0.29, 0.717) is 13.1 Å². The first-order valence-corrected chi connectivity index (χ1v) is 3.55. The number of nitrogens with two attached hydrogens (primary N) is 2. The fourth-order valence-corrected chi connectivity index (χ4v) is 0.581. The molecular weight excluding hydrogens is 146 g/mol. The molecule has 1 atom stereocenters. The summed E-state index contributed by atoms with van der Waals surface area (Å²) in [5.41, 5.74) is 10.2. The van der Waals surface area contributed by atoms with Crippen molar-refractivity contribution in [3.8, 4) is 0 Å². The molecule has 11 heavy (non-hydrogen) atoms. The standard InChI is InChI=1S/C6H15N3O2/c7-1-2-9-6(11)3-5(10)4-8/h5,10H,1-4,7-8H2,(H,9,11). The van der Waals surface area contributed by atoms with Gasteiger partial charge in [-0.1, -0.05) is 0 Å². The number of hydrogen-bond donors (Lipinski definition) is 4. The largest absolute Gasteiger partial charge is 0.391 e. The van der Waals surface area contributed by atoms with Gasteiger partial charge in [-0.05, 0) is 0 Å². The third kappa shape index (κ3) is 5.78. The Balaban J connectivity index is 3.36. The Morgan fingerprint density at radius 1 is 1.55 bits per heavy atom. The Morgan fingerprint density at radius 2 is 2.18 bits per heavy atom. The van der Waals surface area contributed by atoms with Gasteiger partial charge in [0.05, 0.1) is 12.5 Å². The Labute approximate surface area is 65.7 Å². The van der Waals surface area contributed by atoms with E-state index in [0.717, 1.165) is 0 Å². The van der Waals surface area contributed by atoms with Crippen LogP contribution in [-0.2, 0) is 4.79 Å². The number of carbonyl (C=O) groups excluding carboxylic acids is 1. The summed E-state index contributed by atoms with van der Waals surface area (Å²) in [7, 11) is 0. The van der Waals surface area contributed by atoms with Gasteiger partial charge in [0.25, 0.3) is 0 Å². The molecule has 0 aliphatic carbocycles. The summed E-state index contributed by atoms with van der Waals surface area (Å²) in [6.07, 6.45) is -0.691. The lowest BCUT2D eigenvalue weighted by Gasteiger charge is -2.06. The van der Waals surface area contributed by atoms with Crippen LogP contribution >= 0.6 is 0 Å². The summed E-state index contributed by atoms with van der Waals surface area (Å²) in [6, 6.07) is 0. The topological polar surface area (TPSA) is 101 Å². The zero-order valence-corrected chi connectivity index (χ0v) is 6.42. The maximum atomic E-state index is 10.8. The van der Waals surface area contributed by atoms with Gasteiger partial charge < -0.3 is 21.9 Å². The van der Waals surface area contributed by atoms with E-state index in [4.69, 9.17) is 16.6 Å². The second kappa shape index (κ2) is 6.09. The molecule has 0 aliphatic heterocycles. The summed E-state index contributed by atoms with van der Waals surface area (Å²) in [5, 5.41) is 11.4. The second-order valence-electron chi connectivity index (χ2n) is 2.23. The molecular formula is C6H15N3O2. The van der Waals surface area contributed by atoms with Crippen LogP contribution in [0.5, 0.6) is 0 Å². The van der Waals surface area contributed by atoms with Crippen molar-refractivity contribution in [1.29, 1.82) is 0 Å². The van der Waals surface area contributed by atoms with E-state index in [1.165, 1.54) is 0 Å². The molecule has 0 saturated carbocycles. The first kappa shape index (κ1) is 10.3. The lowest BCUT2D eigenvalue weighted by molar-refractivity contribution is -0.122. The predicted molar refractivity (Wildman–Crippen MR) is 41.7 cm³/mol. The van der Waals surface area contributed by atoms with Crippen LogP contribution < -0.4 is 16.8 Å². The average molecular weight is 161 g/mol. The van der Waals surface area contributed by atoms with E-state index in [-0.39, 0.29) is 18.9 Å². The summed E-state index contributed by atoms with van der Waals surface area (Å²) < 4.78 is 0. The maximum Gasteiger partial charge on any atom is 0.222 e. The number of carbonyl (C=O) groups is 1. The van der Waals surface area contributed by atoms with Gasteiger partial charge in [-0.25, -0.2) is 0 Å². The highest BCUT2D eigenvalue weighted by Gasteiger charge is 2.06. The summed E-state index contributed by atoms with van der Waals surface area (Å²) in [4.78, 5) is 10.8. The van der Waals surface area contributed by atoms with Crippen LogP contribution in [0, 0.1) is 0 Å². The van der Waals surface area contributed by atoms with Gasteiger partial charge in [-0.3, -0.25) is 4.79 Å². The fraction of sp³-hybridized carbons (Fsp3) is 0.833. The van der Waals surface area contributed by atoms with Crippen LogP contribution in [0.3, 0.4) is 0 Å². The van der Waals surface area contributed by atoms with Gasteiger partial charge in [0.2, 0.25) is 5.91 Å². The Bertz CT molecular complexity index is 118. The molecule has 0 saturated heterocycles. The van der Waals surface area contributed by atoms with E-state index < -0.39 is 6.10 Å². The molecule has 0 spiro atoms. The fourth-order valence-electron chi connectivity index (χ4n) is 0.581. The number of hydrogen-bond acceptors (Lipinski definition) is 4. The van der Waals surface area contributed by atoms with Crippen molar-refractivity contribution in [2.24, 2.45) is 11.5 Å². The SMILES string of the molecule is NCCNC(=O)CC(O)CN. The Kier molecular flexibility index (Phi) is 5.73. The van der Waals surface area contributed by atoms with E-state index in [1.54, 1.807) is 0 Å². The van der Waals surface area contributed by atoms with Crippen molar-refractivity contribution in [2.75, 3.05) is 19.6 Å². The summed E-state index contributed by atoms with van der Waals surface area (Å²) in [5.74, 6) is -0.214. The first-order valence-electron chi connectivity index (χ1n) is 3.55. The highest BCUT2D eigenvalue weighted by Crippen LogP contribution is 1.86. The molecule has 0 aromatic heterocycles. The molecule has 1 amide bonds. The monoisotopic (exact) mass is 161 g/mol. The molecule has 0 aliphatic rings. The molecule has 0 rings (SSSR count). The molecule has 0 aromatic rings.